The van der Waals surface area contributed by atoms with E-state index in [-0.39, 0.29) is 0 Å². The number of rotatable bonds is 4. The van der Waals surface area contributed by atoms with Gasteiger partial charge in [-0.05, 0) is 89.8 Å². The number of fused-ring (bicyclic) bond motifs is 11. The standard InChI is InChI=1S/C53H31N3O/c1-2-13-33(14-3-1)51-54-52(37-23-22-32-12-4-5-15-34(32)28-37)56-53(55-51)38-25-27-45-47-29-35-16-6-7-17-39(35)49(50(47)57-48(45)31-38)36-24-26-44-42-20-9-8-18-40(42)41-19-10-11-21-43(41)46(44)30-36/h1-31H. The van der Waals surface area contributed by atoms with E-state index in [2.05, 4.69) is 158 Å². The Labute approximate surface area is 327 Å². The maximum absolute atomic E-state index is 6.98. The lowest BCUT2D eigenvalue weighted by molar-refractivity contribution is 0.670. The van der Waals surface area contributed by atoms with E-state index < -0.39 is 0 Å². The van der Waals surface area contributed by atoms with Gasteiger partial charge in [0.25, 0.3) is 0 Å². The van der Waals surface area contributed by atoms with Crippen molar-refractivity contribution in [1.82, 2.24) is 15.0 Å². The third kappa shape index (κ3) is 5.04. The third-order valence-corrected chi connectivity index (χ3v) is 11.5. The van der Waals surface area contributed by atoms with E-state index in [1.807, 2.05) is 30.3 Å². The summed E-state index contributed by atoms with van der Waals surface area (Å²) in [5, 5.41) is 14.3. The van der Waals surface area contributed by atoms with Crippen LogP contribution in [-0.2, 0) is 0 Å². The van der Waals surface area contributed by atoms with Crippen LogP contribution in [0.1, 0.15) is 0 Å². The van der Waals surface area contributed by atoms with Crippen molar-refractivity contribution in [2.75, 3.05) is 0 Å². The summed E-state index contributed by atoms with van der Waals surface area (Å²) in [4.78, 5) is 15.1. The quantitative estimate of drug-likeness (QED) is 0.170. The van der Waals surface area contributed by atoms with Gasteiger partial charge >= 0.3 is 0 Å². The van der Waals surface area contributed by atoms with Gasteiger partial charge in [-0.3, -0.25) is 0 Å². The third-order valence-electron chi connectivity index (χ3n) is 11.5. The molecule has 2 heterocycles. The molecule has 4 heteroatoms. The van der Waals surface area contributed by atoms with Crippen molar-refractivity contribution in [2.45, 2.75) is 0 Å². The van der Waals surface area contributed by atoms with Crippen molar-refractivity contribution >= 4 is 75.8 Å². The van der Waals surface area contributed by atoms with Crippen molar-refractivity contribution in [3.63, 3.8) is 0 Å². The minimum absolute atomic E-state index is 0.591. The Bertz CT molecular complexity index is 3550. The maximum Gasteiger partial charge on any atom is 0.164 e. The summed E-state index contributed by atoms with van der Waals surface area (Å²) in [6, 6.07) is 66.4. The molecule has 0 fully saturated rings. The molecule has 0 N–H and O–H groups in total. The summed E-state index contributed by atoms with van der Waals surface area (Å²) in [7, 11) is 0. The maximum atomic E-state index is 6.98. The highest BCUT2D eigenvalue weighted by atomic mass is 16.3. The first kappa shape index (κ1) is 31.6. The molecular formula is C53H31N3O. The first-order valence-corrected chi connectivity index (χ1v) is 19.3. The molecule has 0 saturated heterocycles. The number of benzene rings is 10. The molecule has 0 unspecified atom stereocenters. The lowest BCUT2D eigenvalue weighted by Gasteiger charge is -2.13. The molecule has 0 aliphatic carbocycles. The number of furan rings is 1. The van der Waals surface area contributed by atoms with Gasteiger partial charge in [-0.1, -0.05) is 158 Å². The normalized spacial score (nSPS) is 11.9. The van der Waals surface area contributed by atoms with Gasteiger partial charge in [-0.25, -0.2) is 15.0 Å². The molecule has 12 aromatic rings. The van der Waals surface area contributed by atoms with Crippen LogP contribution in [0.4, 0.5) is 0 Å². The van der Waals surface area contributed by atoms with Gasteiger partial charge < -0.3 is 4.42 Å². The SMILES string of the molecule is c1ccc(-c2nc(-c3ccc4ccccc4c3)nc(-c3ccc4c(c3)oc3c(-c5ccc6c7ccccc7c7ccccc7c6c5)c5ccccc5cc34)n2)cc1. The highest BCUT2D eigenvalue weighted by Gasteiger charge is 2.20. The summed E-state index contributed by atoms with van der Waals surface area (Å²) in [5.41, 5.74) is 6.58. The molecule has 0 aliphatic rings. The monoisotopic (exact) mass is 725 g/mol. The van der Waals surface area contributed by atoms with Crippen LogP contribution in [0.3, 0.4) is 0 Å². The van der Waals surface area contributed by atoms with Crippen LogP contribution in [0.25, 0.3) is 121 Å². The van der Waals surface area contributed by atoms with Crippen LogP contribution in [0.15, 0.2) is 192 Å². The Hall–Kier alpha value is -7.69. The Morgan fingerprint density at radius 1 is 0.281 bits per heavy atom. The molecular weight excluding hydrogens is 695 g/mol. The smallest absolute Gasteiger partial charge is 0.164 e. The van der Waals surface area contributed by atoms with Crippen LogP contribution in [0, 0.1) is 0 Å². The number of aromatic nitrogens is 3. The average molecular weight is 726 g/mol. The van der Waals surface area contributed by atoms with Crippen molar-refractivity contribution in [3.05, 3.63) is 188 Å². The van der Waals surface area contributed by atoms with Crippen molar-refractivity contribution in [1.29, 1.82) is 0 Å². The predicted molar refractivity (Wildman–Crippen MR) is 236 cm³/mol. The van der Waals surface area contributed by atoms with E-state index in [1.165, 1.54) is 43.1 Å². The van der Waals surface area contributed by atoms with E-state index in [4.69, 9.17) is 19.4 Å². The van der Waals surface area contributed by atoms with Gasteiger partial charge in [0, 0.05) is 33.0 Å². The molecule has 0 radical (unpaired) electrons. The van der Waals surface area contributed by atoms with Gasteiger partial charge in [0.1, 0.15) is 11.2 Å². The number of hydrogen-bond acceptors (Lipinski definition) is 4. The molecule has 0 aliphatic heterocycles. The fourth-order valence-corrected chi connectivity index (χ4v) is 8.74. The lowest BCUT2D eigenvalue weighted by Crippen LogP contribution is -2.00. The number of hydrogen-bond donors (Lipinski definition) is 0. The molecule has 4 nitrogen and oxygen atoms in total. The van der Waals surface area contributed by atoms with Crippen LogP contribution in [0.5, 0.6) is 0 Å². The molecule has 57 heavy (non-hydrogen) atoms. The van der Waals surface area contributed by atoms with Crippen molar-refractivity contribution in [2.24, 2.45) is 0 Å². The molecule has 10 aromatic carbocycles. The summed E-state index contributed by atoms with van der Waals surface area (Å²) >= 11 is 0. The van der Waals surface area contributed by atoms with E-state index >= 15 is 0 Å². The molecule has 0 saturated carbocycles. The Morgan fingerprint density at radius 2 is 0.789 bits per heavy atom. The van der Waals surface area contributed by atoms with Crippen molar-refractivity contribution in [3.8, 4) is 45.3 Å². The van der Waals surface area contributed by atoms with Crippen LogP contribution in [-0.4, -0.2) is 15.0 Å². The lowest BCUT2D eigenvalue weighted by atomic mass is 9.90. The van der Waals surface area contributed by atoms with Gasteiger partial charge in [-0.2, -0.15) is 0 Å². The summed E-state index contributed by atoms with van der Waals surface area (Å²) in [5.74, 6) is 1.84. The molecule has 0 atom stereocenters. The molecule has 264 valence electrons. The first-order chi connectivity index (χ1) is 28.2. The predicted octanol–water partition coefficient (Wildman–Crippen LogP) is 14.2. The second-order valence-corrected chi connectivity index (χ2v) is 14.7. The first-order valence-electron chi connectivity index (χ1n) is 19.3. The van der Waals surface area contributed by atoms with E-state index in [1.54, 1.807) is 0 Å². The van der Waals surface area contributed by atoms with Gasteiger partial charge in [0.2, 0.25) is 0 Å². The van der Waals surface area contributed by atoms with Crippen molar-refractivity contribution < 1.29 is 4.42 Å². The highest BCUT2D eigenvalue weighted by Crippen LogP contribution is 2.44. The van der Waals surface area contributed by atoms with E-state index in [9.17, 15) is 0 Å². The van der Waals surface area contributed by atoms with Gasteiger partial charge in [0.05, 0.1) is 0 Å². The minimum Gasteiger partial charge on any atom is -0.455 e. The Kier molecular flexibility index (Phi) is 6.89. The zero-order valence-electron chi connectivity index (χ0n) is 30.6. The van der Waals surface area contributed by atoms with Crippen LogP contribution >= 0.6 is 0 Å². The fourth-order valence-electron chi connectivity index (χ4n) is 8.74. The van der Waals surface area contributed by atoms with Crippen LogP contribution in [0.2, 0.25) is 0 Å². The van der Waals surface area contributed by atoms with Crippen LogP contribution < -0.4 is 0 Å². The Morgan fingerprint density at radius 3 is 1.51 bits per heavy atom. The average Bonchev–Trinajstić information content (AvgIpc) is 3.65. The molecule has 0 bridgehead atoms. The highest BCUT2D eigenvalue weighted by molar-refractivity contribution is 6.26. The topological polar surface area (TPSA) is 51.8 Å². The summed E-state index contributed by atoms with van der Waals surface area (Å²) < 4.78 is 6.98. The molecule has 0 spiro atoms. The largest absolute Gasteiger partial charge is 0.455 e. The zero-order valence-corrected chi connectivity index (χ0v) is 30.6. The summed E-state index contributed by atoms with van der Waals surface area (Å²) in [6.45, 7) is 0. The number of nitrogens with zero attached hydrogens (tertiary/aromatic N) is 3. The van der Waals surface area contributed by atoms with E-state index in [0.29, 0.717) is 17.5 Å². The second-order valence-electron chi connectivity index (χ2n) is 14.7. The van der Waals surface area contributed by atoms with Gasteiger partial charge in [0.15, 0.2) is 17.5 Å². The molecule has 0 amide bonds. The van der Waals surface area contributed by atoms with E-state index in [0.717, 1.165) is 60.5 Å². The zero-order chi connectivity index (χ0) is 37.5. The fraction of sp³-hybridized carbons (Fsp3) is 0. The summed E-state index contributed by atoms with van der Waals surface area (Å²) in [6.07, 6.45) is 0. The second kappa shape index (κ2) is 12.4. The minimum atomic E-state index is 0.591. The van der Waals surface area contributed by atoms with Gasteiger partial charge in [-0.15, -0.1) is 0 Å². The Balaban J connectivity index is 1.07. The molecule has 2 aromatic heterocycles. The molecule has 12 rings (SSSR count).